The topological polar surface area (TPSA) is 113 Å². The van der Waals surface area contributed by atoms with Gasteiger partial charge in [-0.1, -0.05) is 18.2 Å². The summed E-state index contributed by atoms with van der Waals surface area (Å²) in [6, 6.07) is 17.2. The zero-order valence-corrected chi connectivity index (χ0v) is 20.4. The number of amides is 2. The fourth-order valence-corrected chi connectivity index (χ4v) is 5.41. The Morgan fingerprint density at radius 2 is 1.41 bits per heavy atom. The van der Waals surface area contributed by atoms with Crippen LogP contribution in [0.25, 0.3) is 10.9 Å². The molecule has 2 amide bonds. The molecule has 2 aromatic heterocycles. The molecule has 0 bridgehead atoms. The number of halogens is 1. The van der Waals surface area contributed by atoms with Crippen LogP contribution in [0.3, 0.4) is 0 Å². The van der Waals surface area contributed by atoms with Gasteiger partial charge in [-0.05, 0) is 48.5 Å². The largest absolute Gasteiger partial charge is 0.335 e. The van der Waals surface area contributed by atoms with E-state index >= 15 is 0 Å². The van der Waals surface area contributed by atoms with Crippen molar-refractivity contribution >= 4 is 38.4 Å². The molecule has 9 nitrogen and oxygen atoms in total. The average molecular weight is 520 g/mol. The molecule has 11 heteroatoms. The van der Waals surface area contributed by atoms with Crippen LogP contribution in [0.5, 0.6) is 0 Å². The van der Waals surface area contributed by atoms with Crippen LogP contribution in [0, 0.1) is 5.82 Å². The molecule has 0 spiro atoms. The van der Waals surface area contributed by atoms with Crippen molar-refractivity contribution in [3.63, 3.8) is 0 Å². The number of sulfonamides is 1. The van der Waals surface area contributed by atoms with Crippen LogP contribution < -0.4 is 4.72 Å². The highest BCUT2D eigenvalue weighted by molar-refractivity contribution is 7.93. The Labute approximate surface area is 212 Å². The molecular formula is C26H22FN5O4S. The Balaban J connectivity index is 1.23. The van der Waals surface area contributed by atoms with E-state index in [-0.39, 0.29) is 42.7 Å². The molecule has 4 aromatic rings. The van der Waals surface area contributed by atoms with Crippen molar-refractivity contribution in [3.8, 4) is 0 Å². The molecule has 188 valence electrons. The third kappa shape index (κ3) is 4.98. The number of pyridine rings is 2. The summed E-state index contributed by atoms with van der Waals surface area (Å²) in [5, 5.41) is 0.707. The Hall–Kier alpha value is -4.38. The molecule has 2 aromatic carbocycles. The quantitative estimate of drug-likeness (QED) is 0.434. The Bertz CT molecular complexity index is 1580. The van der Waals surface area contributed by atoms with Gasteiger partial charge in [0, 0.05) is 55.2 Å². The van der Waals surface area contributed by atoms with Crippen molar-refractivity contribution in [2.75, 3.05) is 30.9 Å². The number of anilines is 1. The van der Waals surface area contributed by atoms with Gasteiger partial charge in [-0.15, -0.1) is 0 Å². The summed E-state index contributed by atoms with van der Waals surface area (Å²) in [5.41, 5.74) is 0.815. The first-order valence-corrected chi connectivity index (χ1v) is 13.0. The zero-order chi connectivity index (χ0) is 26.0. The van der Waals surface area contributed by atoms with E-state index in [9.17, 15) is 22.4 Å². The van der Waals surface area contributed by atoms with E-state index in [0.29, 0.717) is 22.2 Å². The van der Waals surface area contributed by atoms with Crippen molar-refractivity contribution < 1.29 is 22.4 Å². The van der Waals surface area contributed by atoms with Crippen molar-refractivity contribution in [1.29, 1.82) is 0 Å². The van der Waals surface area contributed by atoms with Crippen LogP contribution in [-0.2, 0) is 10.0 Å². The molecular weight excluding hydrogens is 497 g/mol. The van der Waals surface area contributed by atoms with Gasteiger partial charge in [0.25, 0.3) is 21.8 Å². The maximum atomic E-state index is 13.9. The van der Waals surface area contributed by atoms with Crippen LogP contribution in [0.2, 0.25) is 0 Å². The molecule has 0 atom stereocenters. The number of nitrogens with one attached hydrogen (secondary N) is 1. The number of carbonyl (C=O) groups is 2. The van der Waals surface area contributed by atoms with Crippen LogP contribution >= 0.6 is 0 Å². The van der Waals surface area contributed by atoms with Crippen LogP contribution in [0.15, 0.2) is 84.0 Å². The van der Waals surface area contributed by atoms with Crippen LogP contribution in [-0.4, -0.2) is 66.2 Å². The summed E-state index contributed by atoms with van der Waals surface area (Å²) in [6.45, 7) is 1.05. The van der Waals surface area contributed by atoms with Gasteiger partial charge in [0.05, 0.1) is 5.52 Å². The molecule has 1 aliphatic heterocycles. The first kappa shape index (κ1) is 24.3. The number of piperazine rings is 1. The van der Waals surface area contributed by atoms with Crippen LogP contribution in [0.1, 0.15) is 20.8 Å². The minimum atomic E-state index is -3.91. The molecule has 1 fully saturated rings. The second kappa shape index (κ2) is 9.94. The predicted molar refractivity (Wildman–Crippen MR) is 135 cm³/mol. The van der Waals surface area contributed by atoms with Gasteiger partial charge in [0.15, 0.2) is 11.5 Å². The smallest absolute Gasteiger partial charge is 0.275 e. The van der Waals surface area contributed by atoms with Gasteiger partial charge in [-0.2, -0.15) is 0 Å². The monoisotopic (exact) mass is 519 g/mol. The summed E-state index contributed by atoms with van der Waals surface area (Å²) >= 11 is 0. The van der Waals surface area contributed by atoms with Crippen molar-refractivity contribution in [1.82, 2.24) is 19.8 Å². The Morgan fingerprint density at radius 3 is 2.11 bits per heavy atom. The van der Waals surface area contributed by atoms with E-state index in [1.807, 2.05) is 0 Å². The number of carbonyl (C=O) groups excluding carboxylic acids is 2. The SMILES string of the molecule is O=C(c1ccc(NS(=O)(=O)c2cccc3cccnc23)cc1)N1CCN(C(=O)c2ncccc2F)CC1. The lowest BCUT2D eigenvalue weighted by Crippen LogP contribution is -2.50. The van der Waals surface area contributed by atoms with E-state index in [1.165, 1.54) is 47.6 Å². The summed E-state index contributed by atoms with van der Waals surface area (Å²) in [7, 11) is -3.91. The minimum Gasteiger partial charge on any atom is -0.335 e. The Morgan fingerprint density at radius 1 is 0.784 bits per heavy atom. The summed E-state index contributed by atoms with van der Waals surface area (Å²) in [4.78, 5) is 36.7. The lowest BCUT2D eigenvalue weighted by atomic mass is 10.1. The maximum Gasteiger partial charge on any atom is 0.275 e. The number of hydrogen-bond donors (Lipinski definition) is 1. The number of benzene rings is 2. The summed E-state index contributed by atoms with van der Waals surface area (Å²) in [6.07, 6.45) is 2.90. The van der Waals surface area contributed by atoms with Gasteiger partial charge in [-0.25, -0.2) is 17.8 Å². The standard InChI is InChI=1S/C26H22FN5O4S/c27-21-6-3-13-29-24(21)26(34)32-16-14-31(15-17-32)25(33)19-8-10-20(11-9-19)30-37(35,36)22-7-1-4-18-5-2-12-28-23(18)22/h1-13,30H,14-17H2. The molecule has 37 heavy (non-hydrogen) atoms. The van der Waals surface area contributed by atoms with Crippen molar-refractivity contribution in [2.45, 2.75) is 4.90 Å². The lowest BCUT2D eigenvalue weighted by Gasteiger charge is -2.34. The number of hydrogen-bond acceptors (Lipinski definition) is 6. The highest BCUT2D eigenvalue weighted by atomic mass is 32.2. The third-order valence-corrected chi connectivity index (χ3v) is 7.50. The Kier molecular flexibility index (Phi) is 6.53. The van der Waals surface area contributed by atoms with E-state index in [1.54, 1.807) is 41.3 Å². The molecule has 1 aliphatic rings. The number of fused-ring (bicyclic) bond motifs is 1. The van der Waals surface area contributed by atoms with E-state index < -0.39 is 21.7 Å². The molecule has 0 radical (unpaired) electrons. The molecule has 3 heterocycles. The normalized spacial score (nSPS) is 14.0. The van der Waals surface area contributed by atoms with E-state index in [4.69, 9.17) is 0 Å². The zero-order valence-electron chi connectivity index (χ0n) is 19.5. The third-order valence-electron chi connectivity index (χ3n) is 6.08. The first-order chi connectivity index (χ1) is 17.8. The van der Waals surface area contributed by atoms with Gasteiger partial charge in [-0.3, -0.25) is 19.3 Å². The maximum absolute atomic E-state index is 13.9. The second-order valence-electron chi connectivity index (χ2n) is 8.43. The summed E-state index contributed by atoms with van der Waals surface area (Å²) in [5.74, 6) is -1.44. The van der Waals surface area contributed by atoms with E-state index in [2.05, 4.69) is 14.7 Å². The fourth-order valence-electron chi connectivity index (χ4n) is 4.17. The van der Waals surface area contributed by atoms with Gasteiger partial charge >= 0.3 is 0 Å². The number of rotatable bonds is 5. The predicted octanol–water partition coefficient (Wildman–Crippen LogP) is 3.17. The minimum absolute atomic E-state index is 0.0590. The van der Waals surface area contributed by atoms with Crippen molar-refractivity contribution in [3.05, 3.63) is 96.2 Å². The first-order valence-electron chi connectivity index (χ1n) is 11.5. The average Bonchev–Trinajstić information content (AvgIpc) is 2.92. The molecule has 0 saturated carbocycles. The van der Waals surface area contributed by atoms with Gasteiger partial charge < -0.3 is 9.80 Å². The number of para-hydroxylation sites is 1. The number of nitrogens with zero attached hydrogens (tertiary/aromatic N) is 4. The highest BCUT2D eigenvalue weighted by Gasteiger charge is 2.27. The number of aromatic nitrogens is 2. The van der Waals surface area contributed by atoms with E-state index in [0.717, 1.165) is 0 Å². The molecule has 1 N–H and O–H groups in total. The van der Waals surface area contributed by atoms with Crippen molar-refractivity contribution in [2.24, 2.45) is 0 Å². The molecule has 0 unspecified atom stereocenters. The van der Waals surface area contributed by atoms with Crippen LogP contribution in [0.4, 0.5) is 10.1 Å². The molecule has 5 rings (SSSR count). The lowest BCUT2D eigenvalue weighted by molar-refractivity contribution is 0.0529. The second-order valence-corrected chi connectivity index (χ2v) is 10.1. The fraction of sp³-hybridized carbons (Fsp3) is 0.154. The van der Waals surface area contributed by atoms with Gasteiger partial charge in [0.2, 0.25) is 0 Å². The highest BCUT2D eigenvalue weighted by Crippen LogP contribution is 2.24. The summed E-state index contributed by atoms with van der Waals surface area (Å²) < 4.78 is 42.4. The van der Waals surface area contributed by atoms with Gasteiger partial charge in [0.1, 0.15) is 4.90 Å². The molecule has 1 saturated heterocycles. The molecule has 0 aliphatic carbocycles.